The van der Waals surface area contributed by atoms with Gasteiger partial charge in [-0.2, -0.15) is 0 Å². The van der Waals surface area contributed by atoms with Crippen molar-refractivity contribution in [3.8, 4) is 0 Å². The van der Waals surface area contributed by atoms with Crippen LogP contribution in [-0.4, -0.2) is 19.0 Å². The maximum atomic E-state index is 13.7. The van der Waals surface area contributed by atoms with Gasteiger partial charge in [0.2, 0.25) is 0 Å². The normalized spacial score (nSPS) is 14.0. The van der Waals surface area contributed by atoms with Gasteiger partial charge in [-0.1, -0.05) is 57.2 Å². The van der Waals surface area contributed by atoms with Crippen molar-refractivity contribution in [3.63, 3.8) is 0 Å². The highest BCUT2D eigenvalue weighted by Gasteiger charge is 2.23. The molecule has 0 spiro atoms. The van der Waals surface area contributed by atoms with Gasteiger partial charge in [0, 0.05) is 5.56 Å². The molecule has 0 aliphatic carbocycles. The van der Waals surface area contributed by atoms with Crippen LogP contribution in [-0.2, 0) is 16.8 Å². The molecule has 134 valence electrons. The minimum Gasteiger partial charge on any atom is -0.324 e. The van der Waals surface area contributed by atoms with Crippen LogP contribution in [0.5, 0.6) is 0 Å². The number of nitrogens with one attached hydrogen (secondary N) is 2. The number of rotatable bonds is 5. The van der Waals surface area contributed by atoms with Gasteiger partial charge in [0.1, 0.15) is 12.4 Å². The molecule has 0 aliphatic rings. The van der Waals surface area contributed by atoms with Crippen molar-refractivity contribution in [3.05, 3.63) is 65.5 Å². The van der Waals surface area contributed by atoms with Crippen molar-refractivity contribution in [2.75, 3.05) is 12.4 Å². The molecular weight excluding hydrogens is 315 g/mol. The van der Waals surface area contributed by atoms with E-state index >= 15 is 0 Å². The van der Waals surface area contributed by atoms with Crippen LogP contribution in [0.1, 0.15) is 38.8 Å². The van der Waals surface area contributed by atoms with E-state index in [-0.39, 0.29) is 23.1 Å². The lowest BCUT2D eigenvalue weighted by atomic mass is 9.87. The Hall–Kier alpha value is -2.20. The lowest BCUT2D eigenvalue weighted by Gasteiger charge is -2.22. The Morgan fingerprint density at radius 1 is 1.12 bits per heavy atom. The molecule has 0 aromatic heterocycles. The van der Waals surface area contributed by atoms with Crippen LogP contribution in [0.15, 0.2) is 48.5 Å². The smallest absolute Gasteiger partial charge is 0.282 e. The van der Waals surface area contributed by atoms with Gasteiger partial charge in [-0.15, -0.1) is 0 Å². The molecule has 2 aromatic rings. The summed E-state index contributed by atoms with van der Waals surface area (Å²) in [7, 11) is 1.98. The summed E-state index contributed by atoms with van der Waals surface area (Å²) in [5, 5.41) is 2.67. The summed E-state index contributed by atoms with van der Waals surface area (Å²) in [4.78, 5) is 13.4. The van der Waals surface area contributed by atoms with Crippen molar-refractivity contribution in [2.45, 2.75) is 45.7 Å². The second-order valence-electron chi connectivity index (χ2n) is 7.66. The zero-order valence-corrected chi connectivity index (χ0v) is 15.7. The van der Waals surface area contributed by atoms with E-state index in [0.717, 1.165) is 11.4 Å². The largest absolute Gasteiger partial charge is 0.324 e. The molecule has 3 nitrogen and oxygen atoms in total. The predicted molar refractivity (Wildman–Crippen MR) is 100 cm³/mol. The lowest BCUT2D eigenvalue weighted by Crippen LogP contribution is -3.12. The van der Waals surface area contributed by atoms with Crippen molar-refractivity contribution in [1.82, 2.24) is 0 Å². The molecule has 25 heavy (non-hydrogen) atoms. The third-order valence-corrected chi connectivity index (χ3v) is 4.57. The topological polar surface area (TPSA) is 33.5 Å². The van der Waals surface area contributed by atoms with Crippen molar-refractivity contribution < 1.29 is 14.1 Å². The van der Waals surface area contributed by atoms with Crippen LogP contribution in [0, 0.1) is 5.82 Å². The molecule has 0 saturated heterocycles. The van der Waals surface area contributed by atoms with Gasteiger partial charge in [0.25, 0.3) is 5.91 Å². The summed E-state index contributed by atoms with van der Waals surface area (Å²) in [6.45, 7) is 9.16. The second-order valence-corrected chi connectivity index (χ2v) is 7.66. The Bertz CT molecular complexity index is 719. The third kappa shape index (κ3) is 5.13. The van der Waals surface area contributed by atoms with E-state index in [4.69, 9.17) is 0 Å². The molecule has 2 rings (SSSR count). The van der Waals surface area contributed by atoms with Gasteiger partial charge in [0.05, 0.1) is 12.7 Å². The third-order valence-electron chi connectivity index (χ3n) is 4.57. The lowest BCUT2D eigenvalue weighted by molar-refractivity contribution is -0.907. The van der Waals surface area contributed by atoms with Crippen LogP contribution < -0.4 is 10.2 Å². The number of hydrogen-bond acceptors (Lipinski definition) is 1. The van der Waals surface area contributed by atoms with Crippen molar-refractivity contribution >= 4 is 11.6 Å². The first-order valence-electron chi connectivity index (χ1n) is 8.65. The van der Waals surface area contributed by atoms with E-state index in [0.29, 0.717) is 0 Å². The summed E-state index contributed by atoms with van der Waals surface area (Å²) in [6.07, 6.45) is 0. The summed E-state index contributed by atoms with van der Waals surface area (Å²) in [5.74, 6) is -0.604. The minimum atomic E-state index is -0.418. The number of anilines is 1. The number of carbonyl (C=O) groups is 1. The second kappa shape index (κ2) is 7.79. The highest BCUT2D eigenvalue weighted by atomic mass is 19.1. The zero-order valence-electron chi connectivity index (χ0n) is 15.7. The minimum absolute atomic E-state index is 0.129. The number of amides is 1. The summed E-state index contributed by atoms with van der Waals surface area (Å²) >= 11 is 0. The Labute approximate surface area is 149 Å². The molecule has 4 heteroatoms. The van der Waals surface area contributed by atoms with E-state index in [1.165, 1.54) is 17.2 Å². The van der Waals surface area contributed by atoms with Crippen LogP contribution >= 0.6 is 0 Å². The first kappa shape index (κ1) is 19.1. The first-order chi connectivity index (χ1) is 11.7. The van der Waals surface area contributed by atoms with E-state index in [9.17, 15) is 9.18 Å². The summed E-state index contributed by atoms with van der Waals surface area (Å²) < 4.78 is 13.7. The number of benzene rings is 2. The highest BCUT2D eigenvalue weighted by Crippen LogP contribution is 2.22. The number of para-hydroxylation sites is 1. The standard InChI is InChI=1S/C21H27FN2O/c1-15(20(25)23-19-9-7-6-8-18(19)22)24(5)14-16-10-12-17(13-11-16)21(2,3)4/h6-13,15H,14H2,1-5H3,(H,23,25)/p+1/t15-/m0/s1. The molecule has 2 N–H and O–H groups in total. The maximum absolute atomic E-state index is 13.7. The Morgan fingerprint density at radius 2 is 1.72 bits per heavy atom. The van der Waals surface area contributed by atoms with E-state index in [1.54, 1.807) is 18.2 Å². The SMILES string of the molecule is C[C@@H](C(=O)Nc1ccccc1F)[NH+](C)Cc1ccc(C(C)(C)C)cc1. The predicted octanol–water partition coefficient (Wildman–Crippen LogP) is 3.17. The van der Waals surface area contributed by atoms with E-state index < -0.39 is 5.82 Å². The van der Waals surface area contributed by atoms with Gasteiger partial charge in [-0.05, 0) is 30.0 Å². The van der Waals surface area contributed by atoms with E-state index in [1.807, 2.05) is 14.0 Å². The fraction of sp³-hybridized carbons (Fsp3) is 0.381. The number of carbonyl (C=O) groups excluding carboxylic acids is 1. The molecule has 2 atom stereocenters. The zero-order chi connectivity index (χ0) is 18.6. The van der Waals surface area contributed by atoms with Gasteiger partial charge in [0.15, 0.2) is 6.04 Å². The van der Waals surface area contributed by atoms with E-state index in [2.05, 4.69) is 50.4 Å². The average Bonchev–Trinajstić information content (AvgIpc) is 2.55. The molecule has 0 saturated carbocycles. The van der Waals surface area contributed by atoms with Gasteiger partial charge in [-0.25, -0.2) is 4.39 Å². The molecular formula is C21H28FN2O+. The molecule has 2 aromatic carbocycles. The highest BCUT2D eigenvalue weighted by molar-refractivity contribution is 5.93. The quantitative estimate of drug-likeness (QED) is 0.859. The number of hydrogen-bond donors (Lipinski definition) is 2. The van der Waals surface area contributed by atoms with Gasteiger partial charge >= 0.3 is 0 Å². The van der Waals surface area contributed by atoms with Gasteiger partial charge < -0.3 is 10.2 Å². The van der Waals surface area contributed by atoms with Crippen molar-refractivity contribution in [1.29, 1.82) is 0 Å². The Morgan fingerprint density at radius 3 is 2.28 bits per heavy atom. The molecule has 1 amide bonds. The maximum Gasteiger partial charge on any atom is 0.282 e. The first-order valence-corrected chi connectivity index (χ1v) is 8.65. The van der Waals surface area contributed by atoms with Gasteiger partial charge in [-0.3, -0.25) is 4.79 Å². The van der Waals surface area contributed by atoms with Crippen LogP contribution in [0.3, 0.4) is 0 Å². The van der Waals surface area contributed by atoms with Crippen LogP contribution in [0.4, 0.5) is 10.1 Å². The number of likely N-dealkylation sites (N-methyl/N-ethyl adjacent to an activating group) is 1. The Kier molecular flexibility index (Phi) is 5.96. The molecule has 0 radical (unpaired) electrons. The number of halogens is 1. The summed E-state index contributed by atoms with van der Waals surface area (Å²) in [5.41, 5.74) is 2.82. The molecule has 1 unspecified atom stereocenters. The molecule has 0 fully saturated rings. The monoisotopic (exact) mass is 343 g/mol. The van der Waals surface area contributed by atoms with Crippen LogP contribution in [0.2, 0.25) is 0 Å². The molecule has 0 aliphatic heterocycles. The average molecular weight is 343 g/mol. The fourth-order valence-corrected chi connectivity index (χ4v) is 2.63. The van der Waals surface area contributed by atoms with Crippen LogP contribution in [0.25, 0.3) is 0 Å². The fourth-order valence-electron chi connectivity index (χ4n) is 2.63. The summed E-state index contributed by atoms with van der Waals surface area (Å²) in [6, 6.07) is 14.5. The van der Waals surface area contributed by atoms with Crippen molar-refractivity contribution in [2.24, 2.45) is 0 Å². The number of quaternary nitrogens is 1. The molecule has 0 bridgehead atoms. The Balaban J connectivity index is 1.98. The molecule has 0 heterocycles.